The third-order valence-electron chi connectivity index (χ3n) is 5.20. The number of ether oxygens (including phenoxy) is 1. The molecule has 6 nitrogen and oxygen atoms in total. The highest BCUT2D eigenvalue weighted by molar-refractivity contribution is 5.50. The van der Waals surface area contributed by atoms with E-state index in [9.17, 15) is 4.39 Å². The van der Waals surface area contributed by atoms with Crippen molar-refractivity contribution in [2.45, 2.75) is 63.4 Å². The largest absolute Gasteiger partial charge is 0.391 e. The van der Waals surface area contributed by atoms with Crippen molar-refractivity contribution in [1.82, 2.24) is 14.6 Å². The van der Waals surface area contributed by atoms with Crippen molar-refractivity contribution in [3.05, 3.63) is 23.8 Å². The van der Waals surface area contributed by atoms with E-state index in [1.807, 2.05) is 0 Å². The second-order valence-corrected chi connectivity index (χ2v) is 7.28. The summed E-state index contributed by atoms with van der Waals surface area (Å²) in [4.78, 5) is 3.86. The predicted octanol–water partition coefficient (Wildman–Crippen LogP) is 2.83. The number of rotatable bonds is 1. The lowest BCUT2D eigenvalue weighted by molar-refractivity contribution is -0.00535. The molecule has 0 aromatic carbocycles. The lowest BCUT2D eigenvalue weighted by Gasteiger charge is -2.33. The summed E-state index contributed by atoms with van der Waals surface area (Å²) in [5.41, 5.74) is 6.93. The smallest absolute Gasteiger partial charge is 0.238 e. The van der Waals surface area contributed by atoms with E-state index in [1.54, 1.807) is 10.6 Å². The summed E-state index contributed by atoms with van der Waals surface area (Å²) >= 11 is 0. The molecule has 0 amide bonds. The van der Waals surface area contributed by atoms with Crippen molar-refractivity contribution in [2.75, 3.05) is 18.9 Å². The quantitative estimate of drug-likeness (QED) is 0.826. The monoisotopic (exact) mass is 350 g/mol. The van der Waals surface area contributed by atoms with E-state index in [0.29, 0.717) is 12.1 Å². The molecule has 1 atom stereocenters. The molecule has 3 N–H and O–H groups in total. The number of nitrogens with two attached hydrogens (primary N) is 1. The van der Waals surface area contributed by atoms with Crippen LogP contribution in [-0.2, 0) is 10.2 Å². The summed E-state index contributed by atoms with van der Waals surface area (Å²) < 4.78 is 20.5. The summed E-state index contributed by atoms with van der Waals surface area (Å²) in [6.07, 6.45) is 8.98. The SMILES string of the molecule is CC1(c2cc(F)c3cnc(N)nn23)CCCCC1.OC1CCCOC1. The third-order valence-corrected chi connectivity index (χ3v) is 5.20. The number of fused-ring (bicyclic) bond motifs is 1. The molecule has 4 rings (SSSR count). The molecule has 7 heteroatoms. The molecule has 2 aromatic heterocycles. The van der Waals surface area contributed by atoms with Gasteiger partial charge in [-0.05, 0) is 31.7 Å². The Hall–Kier alpha value is -1.73. The van der Waals surface area contributed by atoms with Crippen molar-refractivity contribution in [3.8, 4) is 0 Å². The molecule has 1 aliphatic carbocycles. The van der Waals surface area contributed by atoms with Gasteiger partial charge in [-0.3, -0.25) is 0 Å². The first-order valence-corrected chi connectivity index (χ1v) is 9.06. The zero-order valence-electron chi connectivity index (χ0n) is 14.7. The number of hydrogen-bond acceptors (Lipinski definition) is 5. The minimum Gasteiger partial charge on any atom is -0.391 e. The van der Waals surface area contributed by atoms with Crippen molar-refractivity contribution in [3.63, 3.8) is 0 Å². The zero-order chi connectivity index (χ0) is 17.9. The molecular weight excluding hydrogens is 323 g/mol. The molecule has 0 spiro atoms. The molecular formula is C18H27FN4O2. The molecule has 1 saturated heterocycles. The van der Waals surface area contributed by atoms with Gasteiger partial charge in [0.25, 0.3) is 0 Å². The van der Waals surface area contributed by atoms with Crippen LogP contribution in [0, 0.1) is 5.82 Å². The maximum absolute atomic E-state index is 13.9. The number of aromatic nitrogens is 3. The van der Waals surface area contributed by atoms with Crippen LogP contribution in [0.25, 0.3) is 5.52 Å². The fraction of sp³-hybridized carbons (Fsp3) is 0.667. The first-order valence-electron chi connectivity index (χ1n) is 9.06. The van der Waals surface area contributed by atoms with Gasteiger partial charge in [0.15, 0.2) is 5.82 Å². The molecule has 2 aliphatic rings. The van der Waals surface area contributed by atoms with Gasteiger partial charge < -0.3 is 15.6 Å². The highest BCUT2D eigenvalue weighted by atomic mass is 19.1. The number of aliphatic hydroxyl groups excluding tert-OH is 1. The number of aliphatic hydroxyl groups is 1. The van der Waals surface area contributed by atoms with Gasteiger partial charge in [-0.2, -0.15) is 0 Å². The third kappa shape index (κ3) is 4.10. The van der Waals surface area contributed by atoms with E-state index in [1.165, 1.54) is 25.5 Å². The van der Waals surface area contributed by atoms with Gasteiger partial charge in [-0.1, -0.05) is 26.2 Å². The molecule has 25 heavy (non-hydrogen) atoms. The number of nitrogens with zero attached hydrogens (tertiary/aromatic N) is 3. The minimum atomic E-state index is -0.267. The highest BCUT2D eigenvalue weighted by Crippen LogP contribution is 2.39. The molecule has 3 heterocycles. The van der Waals surface area contributed by atoms with Crippen molar-refractivity contribution in [1.29, 1.82) is 0 Å². The van der Waals surface area contributed by atoms with Crippen LogP contribution in [0.2, 0.25) is 0 Å². The van der Waals surface area contributed by atoms with Gasteiger partial charge >= 0.3 is 0 Å². The number of halogens is 1. The highest BCUT2D eigenvalue weighted by Gasteiger charge is 2.32. The summed E-state index contributed by atoms with van der Waals surface area (Å²) in [6, 6.07) is 1.59. The van der Waals surface area contributed by atoms with Crippen LogP contribution >= 0.6 is 0 Å². The second-order valence-electron chi connectivity index (χ2n) is 7.28. The topological polar surface area (TPSA) is 85.7 Å². The molecule has 0 radical (unpaired) electrons. The Morgan fingerprint density at radius 1 is 1.32 bits per heavy atom. The Balaban J connectivity index is 0.000000219. The molecule has 1 aliphatic heterocycles. The van der Waals surface area contributed by atoms with Gasteiger partial charge in [-0.15, -0.1) is 5.10 Å². The van der Waals surface area contributed by atoms with Crippen LogP contribution in [0.3, 0.4) is 0 Å². The van der Waals surface area contributed by atoms with E-state index < -0.39 is 0 Å². The van der Waals surface area contributed by atoms with Crippen LogP contribution in [-0.4, -0.2) is 39.0 Å². The van der Waals surface area contributed by atoms with E-state index in [4.69, 9.17) is 15.6 Å². The first-order chi connectivity index (χ1) is 12.0. The van der Waals surface area contributed by atoms with E-state index >= 15 is 0 Å². The summed E-state index contributed by atoms with van der Waals surface area (Å²) in [5, 5.41) is 12.9. The summed E-state index contributed by atoms with van der Waals surface area (Å²) in [7, 11) is 0. The summed E-state index contributed by atoms with van der Waals surface area (Å²) in [6.45, 7) is 3.56. The fourth-order valence-corrected chi connectivity index (χ4v) is 3.71. The van der Waals surface area contributed by atoms with Crippen LogP contribution < -0.4 is 5.73 Å². The maximum atomic E-state index is 13.9. The molecule has 0 bridgehead atoms. The van der Waals surface area contributed by atoms with Gasteiger partial charge in [0.05, 0.1) is 24.6 Å². The average molecular weight is 350 g/mol. The normalized spacial score (nSPS) is 23.1. The average Bonchev–Trinajstić information content (AvgIpc) is 2.94. The van der Waals surface area contributed by atoms with E-state index in [-0.39, 0.29) is 23.3 Å². The summed E-state index contributed by atoms with van der Waals surface area (Å²) in [5.74, 6) is -0.0874. The Labute approximate surface area is 147 Å². The molecule has 2 aromatic rings. The molecule has 1 saturated carbocycles. The van der Waals surface area contributed by atoms with Gasteiger partial charge in [-0.25, -0.2) is 13.9 Å². The molecule has 138 valence electrons. The fourth-order valence-electron chi connectivity index (χ4n) is 3.71. The van der Waals surface area contributed by atoms with Crippen LogP contribution in [0.4, 0.5) is 10.3 Å². The van der Waals surface area contributed by atoms with Gasteiger partial charge in [0.2, 0.25) is 5.95 Å². The van der Waals surface area contributed by atoms with Crippen LogP contribution in [0.1, 0.15) is 57.6 Å². The Morgan fingerprint density at radius 3 is 2.68 bits per heavy atom. The van der Waals surface area contributed by atoms with Gasteiger partial charge in [0, 0.05) is 12.0 Å². The Kier molecular flexibility index (Phi) is 5.54. The minimum absolute atomic E-state index is 0.00764. The van der Waals surface area contributed by atoms with E-state index in [2.05, 4.69) is 17.0 Å². The van der Waals surface area contributed by atoms with Crippen molar-refractivity contribution < 1.29 is 14.2 Å². The first kappa shape index (κ1) is 18.1. The van der Waals surface area contributed by atoms with Crippen molar-refractivity contribution in [2.24, 2.45) is 0 Å². The molecule has 1 unspecified atom stereocenters. The van der Waals surface area contributed by atoms with Crippen LogP contribution in [0.15, 0.2) is 12.3 Å². The van der Waals surface area contributed by atoms with Crippen molar-refractivity contribution >= 4 is 11.5 Å². The Bertz CT molecular complexity index is 706. The lowest BCUT2D eigenvalue weighted by atomic mass is 9.73. The zero-order valence-corrected chi connectivity index (χ0v) is 14.7. The van der Waals surface area contributed by atoms with Gasteiger partial charge in [0.1, 0.15) is 5.52 Å². The number of hydrogen-bond donors (Lipinski definition) is 2. The maximum Gasteiger partial charge on any atom is 0.238 e. The standard InChI is InChI=1S/C13H17FN4.C5H10O2/c1-13(5-3-2-4-6-13)11-7-9(14)10-8-16-12(15)17-18(10)11;6-5-2-1-3-7-4-5/h7-8H,2-6H2,1H3,(H2,15,17);5-6H,1-4H2. The lowest BCUT2D eigenvalue weighted by Crippen LogP contribution is -2.27. The van der Waals surface area contributed by atoms with Crippen LogP contribution in [0.5, 0.6) is 0 Å². The number of nitrogen functional groups attached to an aromatic ring is 1. The van der Waals surface area contributed by atoms with E-state index in [0.717, 1.165) is 38.0 Å². The predicted molar refractivity (Wildman–Crippen MR) is 93.9 cm³/mol. The second kappa shape index (κ2) is 7.66. The number of anilines is 1. The Morgan fingerprint density at radius 2 is 2.08 bits per heavy atom. The molecule has 2 fully saturated rings.